The summed E-state index contributed by atoms with van der Waals surface area (Å²) in [7, 11) is 0. The Kier molecular flexibility index (Phi) is 7.29. The van der Waals surface area contributed by atoms with Crippen LogP contribution in [-0.2, 0) is 9.59 Å². The number of aliphatic carboxylic acids is 2. The van der Waals surface area contributed by atoms with Crippen LogP contribution in [-0.4, -0.2) is 35.4 Å². The molecule has 0 atom stereocenters. The van der Waals surface area contributed by atoms with Gasteiger partial charge in [-0.25, -0.2) is 9.59 Å². The van der Waals surface area contributed by atoms with Crippen molar-refractivity contribution in [3.8, 4) is 22.6 Å². The average molecular weight is 432 g/mol. The smallest absolute Gasteiger partial charge is 0.341 e. The lowest BCUT2D eigenvalue weighted by Crippen LogP contribution is -2.11. The zero-order valence-electron chi connectivity index (χ0n) is 17.9. The maximum atomic E-state index is 11.1. The predicted molar refractivity (Wildman–Crippen MR) is 124 cm³/mol. The molecular formula is C26H24O6. The highest BCUT2D eigenvalue weighted by atomic mass is 16.5. The molecule has 0 aliphatic rings. The first-order valence-electron chi connectivity index (χ1n) is 10.3. The minimum Gasteiger partial charge on any atom is -0.481 e. The van der Waals surface area contributed by atoms with Crippen molar-refractivity contribution in [2.75, 3.05) is 13.2 Å². The van der Waals surface area contributed by atoms with Crippen molar-refractivity contribution >= 4 is 33.5 Å². The minimum atomic E-state index is -1.09. The first kappa shape index (κ1) is 22.6. The molecule has 0 heterocycles. The normalized spacial score (nSPS) is 10.3. The lowest BCUT2D eigenvalue weighted by Gasteiger charge is -2.19. The number of benzene rings is 4. The molecule has 0 saturated carbocycles. The molecule has 0 bridgehead atoms. The Morgan fingerprint density at radius 3 is 1.38 bits per heavy atom. The van der Waals surface area contributed by atoms with Crippen LogP contribution in [0, 0.1) is 0 Å². The molecule has 4 rings (SSSR count). The first-order valence-corrected chi connectivity index (χ1v) is 10.3. The SMILES string of the molecule is CC.O=C(O)COc1ccc2ccccc2c1-c1c(OCC(=O)O)ccc2ccccc12. The molecule has 0 amide bonds. The van der Waals surface area contributed by atoms with Crippen LogP contribution in [0.5, 0.6) is 11.5 Å². The second-order valence-electron chi connectivity index (χ2n) is 6.68. The molecule has 0 aliphatic carbocycles. The fraction of sp³-hybridized carbons (Fsp3) is 0.154. The summed E-state index contributed by atoms with van der Waals surface area (Å²) in [5, 5.41) is 21.8. The topological polar surface area (TPSA) is 93.1 Å². The van der Waals surface area contributed by atoms with Crippen LogP contribution < -0.4 is 9.47 Å². The van der Waals surface area contributed by atoms with Gasteiger partial charge in [-0.05, 0) is 33.7 Å². The summed E-state index contributed by atoms with van der Waals surface area (Å²) in [4.78, 5) is 22.3. The van der Waals surface area contributed by atoms with E-state index in [1.165, 1.54) is 0 Å². The van der Waals surface area contributed by atoms with Gasteiger partial charge in [-0.2, -0.15) is 0 Å². The van der Waals surface area contributed by atoms with E-state index >= 15 is 0 Å². The summed E-state index contributed by atoms with van der Waals surface area (Å²) in [6, 6.07) is 22.5. The van der Waals surface area contributed by atoms with Gasteiger partial charge in [0.25, 0.3) is 0 Å². The summed E-state index contributed by atoms with van der Waals surface area (Å²) in [5.41, 5.74) is 1.32. The third-order valence-electron chi connectivity index (χ3n) is 4.73. The Morgan fingerprint density at radius 2 is 1.00 bits per heavy atom. The predicted octanol–water partition coefficient (Wildman–Crippen LogP) is 5.61. The van der Waals surface area contributed by atoms with Gasteiger partial charge in [0.05, 0.1) is 0 Å². The monoisotopic (exact) mass is 432 g/mol. The number of hydrogen-bond acceptors (Lipinski definition) is 4. The first-order chi connectivity index (χ1) is 15.5. The van der Waals surface area contributed by atoms with E-state index in [4.69, 9.17) is 19.7 Å². The van der Waals surface area contributed by atoms with E-state index < -0.39 is 25.2 Å². The van der Waals surface area contributed by atoms with Crippen molar-refractivity contribution in [3.05, 3.63) is 72.8 Å². The number of hydrogen-bond donors (Lipinski definition) is 2. The molecular weight excluding hydrogens is 408 g/mol. The van der Waals surface area contributed by atoms with E-state index in [9.17, 15) is 9.59 Å². The number of ether oxygens (including phenoxy) is 2. The van der Waals surface area contributed by atoms with E-state index in [-0.39, 0.29) is 0 Å². The lowest BCUT2D eigenvalue weighted by atomic mass is 9.92. The van der Waals surface area contributed by atoms with E-state index in [1.54, 1.807) is 12.1 Å². The standard InChI is InChI=1S/C24H18O6.C2H6/c25-21(26)13-29-19-11-9-15-5-1-3-7-17(15)23(19)24-18-8-4-2-6-16(18)10-12-20(24)30-14-22(27)28;1-2/h1-12H,13-14H2,(H,25,26)(H,27,28);1-2H3. The Balaban J connectivity index is 0.00000141. The molecule has 32 heavy (non-hydrogen) atoms. The molecule has 0 saturated heterocycles. The summed E-state index contributed by atoms with van der Waals surface area (Å²) in [6.45, 7) is 3.00. The van der Waals surface area contributed by atoms with E-state index in [1.807, 2.05) is 74.5 Å². The number of carboxylic acid groups (broad SMARTS) is 2. The summed E-state index contributed by atoms with van der Waals surface area (Å²) >= 11 is 0. The van der Waals surface area contributed by atoms with Gasteiger partial charge in [-0.15, -0.1) is 0 Å². The van der Waals surface area contributed by atoms with Crippen LogP contribution in [0.1, 0.15) is 13.8 Å². The van der Waals surface area contributed by atoms with Gasteiger partial charge in [0.1, 0.15) is 11.5 Å². The second kappa shape index (κ2) is 10.3. The lowest BCUT2D eigenvalue weighted by molar-refractivity contribution is -0.140. The van der Waals surface area contributed by atoms with Crippen molar-refractivity contribution in [2.45, 2.75) is 13.8 Å². The molecule has 0 unspecified atom stereocenters. The van der Waals surface area contributed by atoms with Gasteiger partial charge in [-0.3, -0.25) is 0 Å². The molecule has 2 N–H and O–H groups in total. The van der Waals surface area contributed by atoms with E-state index in [0.717, 1.165) is 21.5 Å². The highest BCUT2D eigenvalue weighted by Crippen LogP contribution is 2.45. The third-order valence-corrected chi connectivity index (χ3v) is 4.73. The highest BCUT2D eigenvalue weighted by Gasteiger charge is 2.20. The zero-order valence-corrected chi connectivity index (χ0v) is 17.9. The maximum Gasteiger partial charge on any atom is 0.341 e. The summed E-state index contributed by atoms with van der Waals surface area (Å²) < 4.78 is 11.2. The zero-order chi connectivity index (χ0) is 23.1. The van der Waals surface area contributed by atoms with Crippen molar-refractivity contribution in [1.82, 2.24) is 0 Å². The number of carbonyl (C=O) groups is 2. The molecule has 164 valence electrons. The van der Waals surface area contributed by atoms with E-state index in [0.29, 0.717) is 22.6 Å². The quantitative estimate of drug-likeness (QED) is 0.394. The molecule has 0 spiro atoms. The minimum absolute atomic E-state index is 0.382. The molecule has 4 aromatic carbocycles. The largest absolute Gasteiger partial charge is 0.481 e. The summed E-state index contributed by atoms with van der Waals surface area (Å²) in [6.07, 6.45) is 0. The third kappa shape index (κ3) is 4.81. The van der Waals surface area contributed by atoms with Gasteiger partial charge in [0.15, 0.2) is 13.2 Å². The molecule has 0 fully saturated rings. The highest BCUT2D eigenvalue weighted by molar-refractivity contribution is 6.09. The number of fused-ring (bicyclic) bond motifs is 2. The van der Waals surface area contributed by atoms with Crippen molar-refractivity contribution in [3.63, 3.8) is 0 Å². The van der Waals surface area contributed by atoms with Gasteiger partial charge < -0.3 is 19.7 Å². The fourth-order valence-electron chi connectivity index (χ4n) is 3.54. The molecule has 6 heteroatoms. The Hall–Kier alpha value is -4.06. The van der Waals surface area contributed by atoms with Gasteiger partial charge in [-0.1, -0.05) is 74.5 Å². The Labute approximate surface area is 185 Å². The molecule has 0 aromatic heterocycles. The second-order valence-corrected chi connectivity index (χ2v) is 6.68. The van der Waals surface area contributed by atoms with Crippen LogP contribution in [0.2, 0.25) is 0 Å². The molecule has 0 aliphatic heterocycles. The van der Waals surface area contributed by atoms with Crippen LogP contribution in [0.4, 0.5) is 0 Å². The van der Waals surface area contributed by atoms with Crippen molar-refractivity contribution in [1.29, 1.82) is 0 Å². The average Bonchev–Trinajstić information content (AvgIpc) is 2.82. The van der Waals surface area contributed by atoms with Gasteiger partial charge in [0.2, 0.25) is 0 Å². The molecule has 6 nitrogen and oxygen atoms in total. The number of carboxylic acids is 2. The Bertz CT molecular complexity index is 1160. The van der Waals surface area contributed by atoms with Crippen molar-refractivity contribution < 1.29 is 29.3 Å². The van der Waals surface area contributed by atoms with Crippen LogP contribution in [0.3, 0.4) is 0 Å². The van der Waals surface area contributed by atoms with Crippen LogP contribution in [0.15, 0.2) is 72.8 Å². The van der Waals surface area contributed by atoms with E-state index in [2.05, 4.69) is 0 Å². The van der Waals surface area contributed by atoms with Crippen molar-refractivity contribution in [2.24, 2.45) is 0 Å². The Morgan fingerprint density at radius 1 is 0.625 bits per heavy atom. The van der Waals surface area contributed by atoms with Gasteiger partial charge >= 0.3 is 11.9 Å². The molecule has 4 aromatic rings. The van der Waals surface area contributed by atoms with Gasteiger partial charge in [0, 0.05) is 11.1 Å². The maximum absolute atomic E-state index is 11.1. The van der Waals surface area contributed by atoms with Crippen LogP contribution in [0.25, 0.3) is 32.7 Å². The fourth-order valence-corrected chi connectivity index (χ4v) is 3.54. The number of rotatable bonds is 7. The van der Waals surface area contributed by atoms with Crippen LogP contribution >= 0.6 is 0 Å². The summed E-state index contributed by atoms with van der Waals surface area (Å²) in [5.74, 6) is -1.41. The molecule has 0 radical (unpaired) electrons.